The van der Waals surface area contributed by atoms with Gasteiger partial charge in [-0.3, -0.25) is 0 Å². The summed E-state index contributed by atoms with van der Waals surface area (Å²) in [6, 6.07) is 9.45. The summed E-state index contributed by atoms with van der Waals surface area (Å²) in [7, 11) is 0. The van der Waals surface area contributed by atoms with Gasteiger partial charge in [0.2, 0.25) is 0 Å². The number of hydrogen-bond acceptors (Lipinski definition) is 2. The van der Waals surface area contributed by atoms with E-state index in [9.17, 15) is 0 Å². The van der Waals surface area contributed by atoms with Crippen LogP contribution in [0.15, 0.2) is 24.3 Å². The minimum absolute atomic E-state index is 0.513. The predicted molar refractivity (Wildman–Crippen MR) is 87.1 cm³/mol. The zero-order chi connectivity index (χ0) is 13.7. The van der Waals surface area contributed by atoms with E-state index in [1.54, 1.807) is 0 Å². The van der Waals surface area contributed by atoms with E-state index in [0.29, 0.717) is 12.1 Å². The van der Waals surface area contributed by atoms with E-state index in [0.717, 1.165) is 10.9 Å². The van der Waals surface area contributed by atoms with Crippen LogP contribution in [0.4, 0.5) is 0 Å². The SMILES string of the molecule is CCSCCC(C)NC(c1ccc(Cl)cc1)C1CC1. The van der Waals surface area contributed by atoms with Crippen molar-refractivity contribution < 1.29 is 0 Å². The van der Waals surface area contributed by atoms with E-state index in [1.807, 2.05) is 23.9 Å². The van der Waals surface area contributed by atoms with Gasteiger partial charge in [-0.25, -0.2) is 0 Å². The smallest absolute Gasteiger partial charge is 0.0406 e. The Hall–Kier alpha value is -0.180. The molecule has 2 rings (SSSR count). The van der Waals surface area contributed by atoms with Crippen molar-refractivity contribution in [1.29, 1.82) is 0 Å². The second kappa shape index (κ2) is 7.56. The van der Waals surface area contributed by atoms with E-state index in [2.05, 4.69) is 31.3 Å². The van der Waals surface area contributed by atoms with Gasteiger partial charge in [-0.1, -0.05) is 30.7 Å². The number of halogens is 1. The van der Waals surface area contributed by atoms with Gasteiger partial charge in [0.25, 0.3) is 0 Å². The fourth-order valence-corrected chi connectivity index (χ4v) is 3.33. The Morgan fingerprint density at radius 3 is 2.58 bits per heavy atom. The van der Waals surface area contributed by atoms with Crippen molar-refractivity contribution in [3.05, 3.63) is 34.9 Å². The predicted octanol–water partition coefficient (Wildman–Crippen LogP) is 4.91. The third-order valence-corrected chi connectivity index (χ3v) is 4.87. The van der Waals surface area contributed by atoms with Crippen molar-refractivity contribution in [3.63, 3.8) is 0 Å². The Kier molecular flexibility index (Phi) is 6.06. The van der Waals surface area contributed by atoms with E-state index in [-0.39, 0.29) is 0 Å². The lowest BCUT2D eigenvalue weighted by Gasteiger charge is -2.24. The molecule has 2 unspecified atom stereocenters. The molecule has 2 atom stereocenters. The Balaban J connectivity index is 1.91. The van der Waals surface area contributed by atoms with Gasteiger partial charge in [0.05, 0.1) is 0 Å². The summed E-state index contributed by atoms with van der Waals surface area (Å²) in [5.74, 6) is 3.29. The second-order valence-electron chi connectivity index (χ2n) is 5.42. The first kappa shape index (κ1) is 15.2. The molecule has 0 bridgehead atoms. The minimum atomic E-state index is 0.513. The van der Waals surface area contributed by atoms with Crippen molar-refractivity contribution >= 4 is 23.4 Å². The van der Waals surface area contributed by atoms with Gasteiger partial charge in [0.15, 0.2) is 0 Å². The molecule has 106 valence electrons. The van der Waals surface area contributed by atoms with Gasteiger partial charge in [-0.2, -0.15) is 11.8 Å². The summed E-state index contributed by atoms with van der Waals surface area (Å²) < 4.78 is 0. The molecule has 0 heterocycles. The molecular weight excluding hydrogens is 274 g/mol. The molecule has 0 radical (unpaired) electrons. The first-order valence-corrected chi connectivity index (χ1v) is 8.83. The molecule has 1 saturated carbocycles. The highest BCUT2D eigenvalue weighted by Crippen LogP contribution is 2.41. The first-order valence-electron chi connectivity index (χ1n) is 7.30. The Bertz CT molecular complexity index is 375. The highest BCUT2D eigenvalue weighted by molar-refractivity contribution is 7.99. The van der Waals surface area contributed by atoms with Gasteiger partial charge in [-0.15, -0.1) is 0 Å². The normalized spacial score (nSPS) is 18.3. The highest BCUT2D eigenvalue weighted by atomic mass is 35.5. The molecule has 1 aromatic carbocycles. The van der Waals surface area contributed by atoms with Crippen molar-refractivity contribution in [3.8, 4) is 0 Å². The van der Waals surface area contributed by atoms with Gasteiger partial charge in [-0.05, 0) is 61.3 Å². The zero-order valence-electron chi connectivity index (χ0n) is 11.9. The molecule has 1 aliphatic carbocycles. The standard InChI is InChI=1S/C16H24ClNS/c1-3-19-11-10-12(2)18-16(13-4-5-13)14-6-8-15(17)9-7-14/h6-9,12-13,16,18H,3-5,10-11H2,1-2H3. The molecule has 0 spiro atoms. The molecule has 1 N–H and O–H groups in total. The average molecular weight is 298 g/mol. The summed E-state index contributed by atoms with van der Waals surface area (Å²) in [4.78, 5) is 0. The third-order valence-electron chi connectivity index (χ3n) is 3.69. The van der Waals surface area contributed by atoms with Crippen molar-refractivity contribution in [2.24, 2.45) is 5.92 Å². The maximum absolute atomic E-state index is 5.98. The monoisotopic (exact) mass is 297 g/mol. The molecule has 1 fully saturated rings. The summed E-state index contributed by atoms with van der Waals surface area (Å²) >= 11 is 8.01. The summed E-state index contributed by atoms with van der Waals surface area (Å²) in [6.07, 6.45) is 3.96. The molecule has 0 aliphatic heterocycles. The van der Waals surface area contributed by atoms with Crippen molar-refractivity contribution in [2.45, 2.75) is 45.2 Å². The number of benzene rings is 1. The molecule has 19 heavy (non-hydrogen) atoms. The van der Waals surface area contributed by atoms with Crippen LogP contribution in [0.25, 0.3) is 0 Å². The molecular formula is C16H24ClNS. The van der Waals surface area contributed by atoms with Crippen LogP contribution in [0.5, 0.6) is 0 Å². The van der Waals surface area contributed by atoms with Crippen LogP contribution in [0.3, 0.4) is 0 Å². The van der Waals surface area contributed by atoms with Crippen molar-refractivity contribution in [2.75, 3.05) is 11.5 Å². The molecule has 3 heteroatoms. The van der Waals surface area contributed by atoms with Gasteiger partial charge in [0.1, 0.15) is 0 Å². The fourth-order valence-electron chi connectivity index (χ4n) is 2.40. The largest absolute Gasteiger partial charge is 0.307 e. The summed E-state index contributed by atoms with van der Waals surface area (Å²) in [5.41, 5.74) is 1.39. The lowest BCUT2D eigenvalue weighted by Crippen LogP contribution is -2.32. The van der Waals surface area contributed by atoms with E-state index < -0.39 is 0 Å². The van der Waals surface area contributed by atoms with E-state index >= 15 is 0 Å². The molecule has 0 saturated heterocycles. The van der Waals surface area contributed by atoms with Crippen LogP contribution in [0.1, 0.15) is 44.7 Å². The van der Waals surface area contributed by atoms with Crippen molar-refractivity contribution in [1.82, 2.24) is 5.32 Å². The van der Waals surface area contributed by atoms with Gasteiger partial charge >= 0.3 is 0 Å². The minimum Gasteiger partial charge on any atom is -0.307 e. The van der Waals surface area contributed by atoms with Crippen LogP contribution in [-0.2, 0) is 0 Å². The van der Waals surface area contributed by atoms with Crippen LogP contribution < -0.4 is 5.32 Å². The number of hydrogen-bond donors (Lipinski definition) is 1. The average Bonchev–Trinajstić information content (AvgIpc) is 3.22. The highest BCUT2D eigenvalue weighted by Gasteiger charge is 2.32. The number of thioether (sulfide) groups is 1. The quantitative estimate of drug-likeness (QED) is 0.684. The van der Waals surface area contributed by atoms with Crippen LogP contribution in [0.2, 0.25) is 5.02 Å². The zero-order valence-corrected chi connectivity index (χ0v) is 13.4. The van der Waals surface area contributed by atoms with Crippen LogP contribution in [0, 0.1) is 5.92 Å². The third kappa shape index (κ3) is 5.02. The summed E-state index contributed by atoms with van der Waals surface area (Å²) in [5, 5.41) is 4.64. The van der Waals surface area contributed by atoms with E-state index in [1.165, 1.54) is 36.3 Å². The first-order chi connectivity index (χ1) is 9.20. The number of nitrogens with one attached hydrogen (secondary N) is 1. The molecule has 1 aromatic rings. The summed E-state index contributed by atoms with van der Waals surface area (Å²) in [6.45, 7) is 4.53. The molecule has 1 aliphatic rings. The Morgan fingerprint density at radius 2 is 2.00 bits per heavy atom. The lowest BCUT2D eigenvalue weighted by molar-refractivity contribution is 0.414. The number of rotatable bonds is 8. The lowest BCUT2D eigenvalue weighted by atomic mass is 10.0. The Labute approximate surface area is 126 Å². The van der Waals surface area contributed by atoms with Gasteiger partial charge < -0.3 is 5.32 Å². The molecule has 0 amide bonds. The maximum Gasteiger partial charge on any atom is 0.0406 e. The van der Waals surface area contributed by atoms with Crippen LogP contribution in [-0.4, -0.2) is 17.5 Å². The van der Waals surface area contributed by atoms with E-state index in [4.69, 9.17) is 11.6 Å². The fraction of sp³-hybridized carbons (Fsp3) is 0.625. The second-order valence-corrected chi connectivity index (χ2v) is 7.25. The Morgan fingerprint density at radius 1 is 1.32 bits per heavy atom. The van der Waals surface area contributed by atoms with Crippen LogP contribution >= 0.6 is 23.4 Å². The maximum atomic E-state index is 5.98. The molecule has 1 nitrogen and oxygen atoms in total. The van der Waals surface area contributed by atoms with Gasteiger partial charge in [0, 0.05) is 17.1 Å². The topological polar surface area (TPSA) is 12.0 Å². The molecule has 0 aromatic heterocycles.